The van der Waals surface area contributed by atoms with Gasteiger partial charge in [-0.3, -0.25) is 4.79 Å². The van der Waals surface area contributed by atoms with Gasteiger partial charge in [0.1, 0.15) is 5.76 Å². The summed E-state index contributed by atoms with van der Waals surface area (Å²) < 4.78 is 5.15. The van der Waals surface area contributed by atoms with Crippen molar-refractivity contribution in [3.63, 3.8) is 0 Å². The van der Waals surface area contributed by atoms with E-state index in [4.69, 9.17) is 27.6 Å². The quantitative estimate of drug-likeness (QED) is 0.448. The summed E-state index contributed by atoms with van der Waals surface area (Å²) in [4.78, 5) is 23.9. The Morgan fingerprint density at radius 3 is 2.31 bits per heavy atom. The lowest BCUT2D eigenvalue weighted by atomic mass is 10.2. The molecule has 0 aliphatic rings. The van der Waals surface area contributed by atoms with Crippen molar-refractivity contribution in [3.8, 4) is 0 Å². The van der Waals surface area contributed by atoms with E-state index in [1.807, 2.05) is 0 Å². The lowest BCUT2D eigenvalue weighted by molar-refractivity contribution is -0.111. The largest absolute Gasteiger partial charge is 0.467 e. The van der Waals surface area contributed by atoms with Crippen LogP contribution in [0.1, 0.15) is 11.3 Å². The number of anilines is 2. The van der Waals surface area contributed by atoms with Gasteiger partial charge in [-0.1, -0.05) is 29.3 Å². The van der Waals surface area contributed by atoms with Crippen LogP contribution in [0.15, 0.2) is 71.4 Å². The van der Waals surface area contributed by atoms with Gasteiger partial charge in [-0.2, -0.15) is 0 Å². The Kier molecular flexibility index (Phi) is 6.94. The number of furan rings is 1. The van der Waals surface area contributed by atoms with Crippen molar-refractivity contribution in [1.82, 2.24) is 5.32 Å². The second-order valence-corrected chi connectivity index (χ2v) is 6.77. The lowest BCUT2D eigenvalue weighted by Gasteiger charge is -2.08. The molecule has 0 atom stereocenters. The average molecular weight is 430 g/mol. The summed E-state index contributed by atoms with van der Waals surface area (Å²) in [6, 6.07) is 15.0. The SMILES string of the molecule is O=C(/C=C/c1ccc(Cl)c(Cl)c1)Nc1ccc(NC(=O)NCc2ccco2)cc1. The number of urea groups is 1. The molecule has 2 aromatic carbocycles. The van der Waals surface area contributed by atoms with Crippen molar-refractivity contribution in [2.75, 3.05) is 10.6 Å². The smallest absolute Gasteiger partial charge is 0.319 e. The van der Waals surface area contributed by atoms with Gasteiger partial charge in [-0.05, 0) is 60.2 Å². The minimum Gasteiger partial charge on any atom is -0.467 e. The molecule has 8 heteroatoms. The van der Waals surface area contributed by atoms with E-state index in [1.54, 1.807) is 66.9 Å². The first-order valence-corrected chi connectivity index (χ1v) is 9.36. The third-order valence-corrected chi connectivity index (χ3v) is 4.52. The predicted octanol–water partition coefficient (Wildman–Crippen LogP) is 5.56. The predicted molar refractivity (Wildman–Crippen MR) is 115 cm³/mol. The zero-order valence-corrected chi connectivity index (χ0v) is 16.6. The number of carbonyl (C=O) groups excluding carboxylic acids is 2. The van der Waals surface area contributed by atoms with Crippen LogP contribution in [-0.4, -0.2) is 11.9 Å². The highest BCUT2D eigenvalue weighted by Gasteiger charge is 2.04. The van der Waals surface area contributed by atoms with Gasteiger partial charge in [0, 0.05) is 17.5 Å². The van der Waals surface area contributed by atoms with Crippen molar-refractivity contribution >= 4 is 52.6 Å². The molecule has 0 aliphatic heterocycles. The summed E-state index contributed by atoms with van der Waals surface area (Å²) in [5.41, 5.74) is 1.94. The first-order valence-electron chi connectivity index (χ1n) is 8.61. The van der Waals surface area contributed by atoms with E-state index < -0.39 is 0 Å². The fourth-order valence-electron chi connectivity index (χ4n) is 2.36. The third kappa shape index (κ3) is 6.41. The highest BCUT2D eigenvalue weighted by atomic mass is 35.5. The molecule has 3 rings (SSSR count). The molecular formula is C21H17Cl2N3O3. The molecule has 3 amide bonds. The van der Waals surface area contributed by atoms with Gasteiger partial charge in [0.25, 0.3) is 0 Å². The molecule has 0 saturated carbocycles. The Balaban J connectivity index is 1.49. The average Bonchev–Trinajstić information content (AvgIpc) is 3.22. The molecular weight excluding hydrogens is 413 g/mol. The monoisotopic (exact) mass is 429 g/mol. The van der Waals surface area contributed by atoms with Crippen molar-refractivity contribution in [2.24, 2.45) is 0 Å². The molecule has 3 N–H and O–H groups in total. The molecule has 0 spiro atoms. The molecule has 0 saturated heterocycles. The summed E-state index contributed by atoms with van der Waals surface area (Å²) in [7, 11) is 0. The van der Waals surface area contributed by atoms with Gasteiger partial charge in [0.05, 0.1) is 22.9 Å². The molecule has 0 fully saturated rings. The first kappa shape index (κ1) is 20.5. The Morgan fingerprint density at radius 2 is 1.66 bits per heavy atom. The van der Waals surface area contributed by atoms with Crippen LogP contribution in [0.25, 0.3) is 6.08 Å². The molecule has 6 nitrogen and oxygen atoms in total. The molecule has 29 heavy (non-hydrogen) atoms. The summed E-state index contributed by atoms with van der Waals surface area (Å²) in [6.45, 7) is 0.290. The van der Waals surface area contributed by atoms with Crippen LogP contribution in [0, 0.1) is 0 Å². The molecule has 0 unspecified atom stereocenters. The van der Waals surface area contributed by atoms with Crippen LogP contribution >= 0.6 is 23.2 Å². The van der Waals surface area contributed by atoms with Crippen LogP contribution in [-0.2, 0) is 11.3 Å². The molecule has 1 aromatic heterocycles. The fourth-order valence-corrected chi connectivity index (χ4v) is 2.67. The molecule has 0 aliphatic carbocycles. The lowest BCUT2D eigenvalue weighted by Crippen LogP contribution is -2.27. The Morgan fingerprint density at radius 1 is 0.931 bits per heavy atom. The summed E-state index contributed by atoms with van der Waals surface area (Å²) in [5, 5.41) is 8.99. The highest BCUT2D eigenvalue weighted by molar-refractivity contribution is 6.42. The van der Waals surface area contributed by atoms with E-state index in [1.165, 1.54) is 6.08 Å². The normalized spacial score (nSPS) is 10.7. The van der Waals surface area contributed by atoms with Crippen molar-refractivity contribution in [2.45, 2.75) is 6.54 Å². The molecule has 0 radical (unpaired) electrons. The maximum atomic E-state index is 12.1. The minimum atomic E-state index is -0.359. The van der Waals surface area contributed by atoms with E-state index in [2.05, 4.69) is 16.0 Å². The number of nitrogens with one attached hydrogen (secondary N) is 3. The van der Waals surface area contributed by atoms with E-state index >= 15 is 0 Å². The Labute approximate surface area is 177 Å². The number of hydrogen-bond donors (Lipinski definition) is 3. The second-order valence-electron chi connectivity index (χ2n) is 5.96. The number of rotatable bonds is 6. The first-order chi connectivity index (χ1) is 14.0. The van der Waals surface area contributed by atoms with Crippen LogP contribution in [0.3, 0.4) is 0 Å². The zero-order chi connectivity index (χ0) is 20.6. The molecule has 1 heterocycles. The Bertz CT molecular complexity index is 1020. The van der Waals surface area contributed by atoms with Gasteiger partial charge in [0.15, 0.2) is 0 Å². The van der Waals surface area contributed by atoms with E-state index in [9.17, 15) is 9.59 Å². The third-order valence-electron chi connectivity index (χ3n) is 3.78. The van der Waals surface area contributed by atoms with Crippen LogP contribution in [0.2, 0.25) is 10.0 Å². The Hall–Kier alpha value is -3.22. The fraction of sp³-hybridized carbons (Fsp3) is 0.0476. The summed E-state index contributed by atoms with van der Waals surface area (Å²) in [5.74, 6) is 0.361. The van der Waals surface area contributed by atoms with Gasteiger partial charge in [-0.15, -0.1) is 0 Å². The van der Waals surface area contributed by atoms with Crippen molar-refractivity contribution in [3.05, 3.63) is 88.3 Å². The van der Waals surface area contributed by atoms with Crippen LogP contribution < -0.4 is 16.0 Å². The minimum absolute atomic E-state index is 0.290. The van der Waals surface area contributed by atoms with Crippen LogP contribution in [0.4, 0.5) is 16.2 Å². The standard InChI is InChI=1S/C21H17Cl2N3O3/c22-18-9-3-14(12-19(18)23)4-10-20(27)25-15-5-7-16(8-6-15)26-21(28)24-13-17-2-1-11-29-17/h1-12H,13H2,(H,25,27)(H2,24,26,28)/b10-4+. The van der Waals surface area contributed by atoms with Crippen LogP contribution in [0.5, 0.6) is 0 Å². The number of amides is 3. The maximum absolute atomic E-state index is 12.1. The maximum Gasteiger partial charge on any atom is 0.319 e. The topological polar surface area (TPSA) is 83.4 Å². The second kappa shape index (κ2) is 9.82. The summed E-state index contributed by atoms with van der Waals surface area (Å²) >= 11 is 11.8. The highest BCUT2D eigenvalue weighted by Crippen LogP contribution is 2.23. The van der Waals surface area contributed by atoms with Crippen molar-refractivity contribution in [1.29, 1.82) is 0 Å². The number of halogens is 2. The van der Waals surface area contributed by atoms with E-state index in [0.717, 1.165) is 5.56 Å². The number of benzene rings is 2. The molecule has 3 aromatic rings. The number of hydrogen-bond acceptors (Lipinski definition) is 3. The van der Waals surface area contributed by atoms with E-state index in [0.29, 0.717) is 27.2 Å². The van der Waals surface area contributed by atoms with Gasteiger partial charge >= 0.3 is 6.03 Å². The number of carbonyl (C=O) groups is 2. The molecule has 0 bridgehead atoms. The summed E-state index contributed by atoms with van der Waals surface area (Å²) in [6.07, 6.45) is 4.58. The van der Waals surface area contributed by atoms with E-state index in [-0.39, 0.29) is 18.5 Å². The van der Waals surface area contributed by atoms with Gasteiger partial charge < -0.3 is 20.4 Å². The molecule has 148 valence electrons. The van der Waals surface area contributed by atoms with Crippen molar-refractivity contribution < 1.29 is 14.0 Å². The zero-order valence-electron chi connectivity index (χ0n) is 15.1. The van der Waals surface area contributed by atoms with Gasteiger partial charge in [-0.25, -0.2) is 4.79 Å². The van der Waals surface area contributed by atoms with Gasteiger partial charge in [0.2, 0.25) is 5.91 Å².